The Bertz CT molecular complexity index is 932. The molecule has 1 saturated heterocycles. The molecule has 148 valence electrons. The predicted molar refractivity (Wildman–Crippen MR) is 107 cm³/mol. The molecule has 0 radical (unpaired) electrons. The number of imide groups is 1. The minimum Gasteiger partial charge on any atom is -0.357 e. The molecule has 3 unspecified atom stereocenters. The monoisotopic (exact) mass is 381 g/mol. The highest BCUT2D eigenvalue weighted by Gasteiger charge is 2.45. The van der Waals surface area contributed by atoms with E-state index in [-0.39, 0.29) is 29.9 Å². The smallest absolute Gasteiger partial charge is 0.241 e. The summed E-state index contributed by atoms with van der Waals surface area (Å²) in [5.41, 5.74) is 3.10. The van der Waals surface area contributed by atoms with Crippen molar-refractivity contribution in [3.05, 3.63) is 35.5 Å². The van der Waals surface area contributed by atoms with Crippen LogP contribution >= 0.6 is 0 Å². The molecule has 1 aromatic heterocycles. The quantitative estimate of drug-likeness (QED) is 0.633. The largest absolute Gasteiger partial charge is 0.357 e. The number of para-hydroxylation sites is 1. The number of hydrogen-bond donors (Lipinski definition) is 2. The number of rotatable bonds is 3. The van der Waals surface area contributed by atoms with Crippen LogP contribution in [0.4, 0.5) is 0 Å². The number of carbonyl (C=O) groups is 3. The lowest BCUT2D eigenvalue weighted by atomic mass is 9.78. The number of aromatic amines is 1. The van der Waals surface area contributed by atoms with Crippen molar-refractivity contribution < 1.29 is 14.4 Å². The zero-order valence-corrected chi connectivity index (χ0v) is 16.5. The van der Waals surface area contributed by atoms with E-state index in [4.69, 9.17) is 0 Å². The Hall–Kier alpha value is -2.47. The van der Waals surface area contributed by atoms with Crippen molar-refractivity contribution in [2.24, 2.45) is 11.8 Å². The van der Waals surface area contributed by atoms with Crippen LogP contribution in [-0.2, 0) is 20.8 Å². The minimum absolute atomic E-state index is 0.0394. The second kappa shape index (κ2) is 7.51. The number of fused-ring (bicyclic) bond motifs is 3. The van der Waals surface area contributed by atoms with E-state index < -0.39 is 12.0 Å². The van der Waals surface area contributed by atoms with E-state index in [9.17, 15) is 14.4 Å². The van der Waals surface area contributed by atoms with Crippen LogP contribution in [0.2, 0.25) is 0 Å². The summed E-state index contributed by atoms with van der Waals surface area (Å²) in [5, 5.41) is 4.55. The summed E-state index contributed by atoms with van der Waals surface area (Å²) in [7, 11) is 0. The first-order valence-electron chi connectivity index (χ1n) is 10.3. The summed E-state index contributed by atoms with van der Waals surface area (Å²) < 4.78 is 0. The van der Waals surface area contributed by atoms with Gasteiger partial charge >= 0.3 is 0 Å². The second-order valence-electron chi connectivity index (χ2n) is 7.74. The molecule has 2 N–H and O–H groups in total. The average Bonchev–Trinajstić information content (AvgIpc) is 3.08. The molecule has 28 heavy (non-hydrogen) atoms. The Morgan fingerprint density at radius 3 is 2.64 bits per heavy atom. The van der Waals surface area contributed by atoms with Crippen molar-refractivity contribution in [2.75, 3.05) is 13.1 Å². The Labute approximate surface area is 164 Å². The van der Waals surface area contributed by atoms with Crippen molar-refractivity contribution >= 4 is 28.5 Å². The van der Waals surface area contributed by atoms with Crippen LogP contribution in [0, 0.1) is 11.8 Å². The van der Waals surface area contributed by atoms with Gasteiger partial charge in [-0.1, -0.05) is 25.1 Å². The summed E-state index contributed by atoms with van der Waals surface area (Å²) in [4.78, 5) is 44.1. The van der Waals surface area contributed by atoms with Gasteiger partial charge in [-0.15, -0.1) is 0 Å². The Kier molecular flexibility index (Phi) is 5.06. The number of amides is 2. The minimum atomic E-state index is -0.874. The fraction of sp³-hybridized carbons (Fsp3) is 0.500. The number of hydrogen-bond acceptors (Lipinski definition) is 4. The number of Topliss-reactive ketones (excluding diaryl/α,β-unsaturated/α-hetero) is 1. The van der Waals surface area contributed by atoms with E-state index in [1.165, 1.54) is 10.5 Å². The van der Waals surface area contributed by atoms with Crippen LogP contribution in [0.5, 0.6) is 0 Å². The first kappa shape index (κ1) is 18.9. The lowest BCUT2D eigenvalue weighted by Gasteiger charge is -2.36. The number of carbonyl (C=O) groups excluding carboxylic acids is 3. The van der Waals surface area contributed by atoms with Crippen molar-refractivity contribution in [3.8, 4) is 0 Å². The summed E-state index contributed by atoms with van der Waals surface area (Å²) >= 11 is 0. The molecule has 0 bridgehead atoms. The van der Waals surface area contributed by atoms with Gasteiger partial charge < -0.3 is 10.3 Å². The maximum atomic E-state index is 13.4. The van der Waals surface area contributed by atoms with Gasteiger partial charge in [-0.2, -0.15) is 0 Å². The fourth-order valence-corrected chi connectivity index (χ4v) is 4.78. The van der Waals surface area contributed by atoms with Gasteiger partial charge in [0.15, 0.2) is 0 Å². The summed E-state index contributed by atoms with van der Waals surface area (Å²) in [5.74, 6) is -1.70. The molecular formula is C22H27N3O3. The Morgan fingerprint density at radius 1 is 1.11 bits per heavy atom. The van der Waals surface area contributed by atoms with Crippen LogP contribution in [0.15, 0.2) is 24.3 Å². The molecule has 0 saturated carbocycles. The number of ketones is 1. The predicted octanol–water partition coefficient (Wildman–Crippen LogP) is 2.74. The SMILES string of the molecule is CCC1CCC(=O)N(CC)C(=O)C(C2NCCc3c2[nH]c2ccccc32)C1=O. The number of nitrogens with zero attached hydrogens (tertiary/aromatic N) is 1. The maximum Gasteiger partial charge on any atom is 0.241 e. The summed E-state index contributed by atoms with van der Waals surface area (Å²) in [6.07, 6.45) is 2.26. The highest BCUT2D eigenvalue weighted by Crippen LogP contribution is 2.37. The van der Waals surface area contributed by atoms with Gasteiger partial charge in [-0.05, 0) is 44.4 Å². The zero-order chi connectivity index (χ0) is 19.8. The zero-order valence-electron chi connectivity index (χ0n) is 16.5. The molecule has 2 aliphatic rings. The normalized spacial score (nSPS) is 26.3. The molecule has 2 aliphatic heterocycles. The van der Waals surface area contributed by atoms with Crippen LogP contribution in [0.25, 0.3) is 10.9 Å². The molecule has 3 heterocycles. The molecule has 1 fully saturated rings. The maximum absolute atomic E-state index is 13.4. The van der Waals surface area contributed by atoms with Gasteiger partial charge in [-0.25, -0.2) is 0 Å². The van der Waals surface area contributed by atoms with Crippen molar-refractivity contribution in [1.82, 2.24) is 15.2 Å². The third kappa shape index (κ3) is 2.96. The van der Waals surface area contributed by atoms with Crippen LogP contribution in [0.3, 0.4) is 0 Å². The average molecular weight is 381 g/mol. The first-order valence-corrected chi connectivity index (χ1v) is 10.3. The highest BCUT2D eigenvalue weighted by atomic mass is 16.2. The number of likely N-dealkylation sites (tertiary alicyclic amines) is 1. The molecule has 1 aromatic carbocycles. The molecule has 2 amide bonds. The molecule has 0 spiro atoms. The van der Waals surface area contributed by atoms with Gasteiger partial charge in [0.05, 0.1) is 6.04 Å². The van der Waals surface area contributed by atoms with Crippen LogP contribution in [-0.4, -0.2) is 40.6 Å². The van der Waals surface area contributed by atoms with E-state index in [0.717, 1.165) is 23.0 Å². The third-order valence-corrected chi connectivity index (χ3v) is 6.29. The van der Waals surface area contributed by atoms with Gasteiger partial charge in [0.25, 0.3) is 0 Å². The van der Waals surface area contributed by atoms with E-state index >= 15 is 0 Å². The summed E-state index contributed by atoms with van der Waals surface area (Å²) in [6, 6.07) is 7.65. The topological polar surface area (TPSA) is 82.3 Å². The van der Waals surface area contributed by atoms with E-state index in [1.807, 2.05) is 25.1 Å². The summed E-state index contributed by atoms with van der Waals surface area (Å²) in [6.45, 7) is 4.74. The standard InChI is InChI=1S/C22H27N3O3/c1-3-13-9-10-17(26)25(4-2)22(28)18(21(13)27)20-19-15(11-12-23-20)14-7-5-6-8-16(14)24-19/h5-8,13,18,20,23-24H,3-4,9-12H2,1-2H3. The lowest BCUT2D eigenvalue weighted by Crippen LogP contribution is -2.52. The highest BCUT2D eigenvalue weighted by molar-refractivity contribution is 6.09. The fourth-order valence-electron chi connectivity index (χ4n) is 4.78. The van der Waals surface area contributed by atoms with Gasteiger partial charge in [0, 0.05) is 35.5 Å². The number of aromatic nitrogens is 1. The Balaban J connectivity index is 1.82. The Morgan fingerprint density at radius 2 is 1.89 bits per heavy atom. The van der Waals surface area contributed by atoms with Gasteiger partial charge in [-0.3, -0.25) is 19.3 Å². The molecule has 4 rings (SSSR count). The van der Waals surface area contributed by atoms with E-state index in [2.05, 4.69) is 16.4 Å². The first-order chi connectivity index (χ1) is 13.6. The number of nitrogens with one attached hydrogen (secondary N) is 2. The van der Waals surface area contributed by atoms with E-state index in [1.54, 1.807) is 6.92 Å². The van der Waals surface area contributed by atoms with Crippen molar-refractivity contribution in [3.63, 3.8) is 0 Å². The van der Waals surface area contributed by atoms with Crippen molar-refractivity contribution in [2.45, 2.75) is 45.6 Å². The molecular weight excluding hydrogens is 354 g/mol. The molecule has 0 aliphatic carbocycles. The molecule has 6 nitrogen and oxygen atoms in total. The number of benzene rings is 1. The second-order valence-corrected chi connectivity index (χ2v) is 7.74. The molecule has 6 heteroatoms. The third-order valence-electron chi connectivity index (χ3n) is 6.29. The lowest BCUT2D eigenvalue weighted by molar-refractivity contribution is -0.153. The van der Waals surface area contributed by atoms with Gasteiger partial charge in [0.2, 0.25) is 11.8 Å². The number of H-pyrrole nitrogens is 1. The van der Waals surface area contributed by atoms with Crippen LogP contribution < -0.4 is 5.32 Å². The molecule has 2 aromatic rings. The molecule has 3 atom stereocenters. The van der Waals surface area contributed by atoms with Gasteiger partial charge in [0.1, 0.15) is 11.7 Å². The van der Waals surface area contributed by atoms with Crippen LogP contribution in [0.1, 0.15) is 50.4 Å². The van der Waals surface area contributed by atoms with Crippen molar-refractivity contribution in [1.29, 1.82) is 0 Å². The van der Waals surface area contributed by atoms with E-state index in [0.29, 0.717) is 25.9 Å².